The molecule has 3 aromatic rings. The number of aliphatic hydroxyl groups is 1. The van der Waals surface area contributed by atoms with Gasteiger partial charge in [0.05, 0.1) is 26.7 Å². The number of anilines is 2. The second-order valence-electron chi connectivity index (χ2n) is 8.11. The zero-order valence-corrected chi connectivity index (χ0v) is 20.6. The van der Waals surface area contributed by atoms with Gasteiger partial charge in [0.1, 0.15) is 5.82 Å². The third kappa shape index (κ3) is 6.26. The van der Waals surface area contributed by atoms with E-state index >= 15 is 0 Å². The molecule has 2 atom stereocenters. The first-order chi connectivity index (χ1) is 16.2. The van der Waals surface area contributed by atoms with E-state index in [4.69, 9.17) is 4.98 Å². The van der Waals surface area contributed by atoms with Crippen LogP contribution in [-0.4, -0.2) is 51.3 Å². The highest BCUT2D eigenvalue weighted by Crippen LogP contribution is 2.29. The fourth-order valence-corrected chi connectivity index (χ4v) is 5.05. The summed E-state index contributed by atoms with van der Waals surface area (Å²) in [5.41, 5.74) is 2.63. The SMILES string of the molecule is CSCCNc1nc(C)c(C#Cc2ccc(-c3ccccn3)s2)c(NC2CCC(CO)C2)n1. The average molecular weight is 480 g/mol. The van der Waals surface area contributed by atoms with E-state index in [-0.39, 0.29) is 12.6 Å². The normalized spacial score (nSPS) is 17.4. The summed E-state index contributed by atoms with van der Waals surface area (Å²) in [6.07, 6.45) is 6.89. The van der Waals surface area contributed by atoms with Gasteiger partial charge in [-0.1, -0.05) is 17.9 Å². The summed E-state index contributed by atoms with van der Waals surface area (Å²) in [6, 6.07) is 10.3. The van der Waals surface area contributed by atoms with Crippen molar-refractivity contribution in [1.82, 2.24) is 15.0 Å². The Balaban J connectivity index is 1.59. The van der Waals surface area contributed by atoms with Crippen molar-refractivity contribution in [3.05, 3.63) is 52.7 Å². The Morgan fingerprint density at radius 2 is 2.09 bits per heavy atom. The fraction of sp³-hybridized carbons (Fsp3) is 0.400. The van der Waals surface area contributed by atoms with Crippen LogP contribution in [0.1, 0.15) is 35.4 Å². The molecule has 172 valence electrons. The lowest BCUT2D eigenvalue weighted by molar-refractivity contribution is 0.229. The molecular formula is C25H29N5OS2. The minimum atomic E-state index is 0.242. The number of aromatic nitrogens is 3. The van der Waals surface area contributed by atoms with E-state index in [0.29, 0.717) is 11.9 Å². The molecule has 1 fully saturated rings. The Hall–Kier alpha value is -2.60. The van der Waals surface area contributed by atoms with E-state index in [2.05, 4.69) is 44.8 Å². The van der Waals surface area contributed by atoms with E-state index in [9.17, 15) is 5.11 Å². The lowest BCUT2D eigenvalue weighted by atomic mass is 10.1. The van der Waals surface area contributed by atoms with Gasteiger partial charge in [-0.15, -0.1) is 11.3 Å². The van der Waals surface area contributed by atoms with Crippen molar-refractivity contribution in [2.45, 2.75) is 32.2 Å². The predicted molar refractivity (Wildman–Crippen MR) is 139 cm³/mol. The molecule has 0 saturated heterocycles. The summed E-state index contributed by atoms with van der Waals surface area (Å²) in [4.78, 5) is 15.9. The van der Waals surface area contributed by atoms with Gasteiger partial charge in [-0.2, -0.15) is 16.7 Å². The van der Waals surface area contributed by atoms with E-state index in [0.717, 1.165) is 64.1 Å². The van der Waals surface area contributed by atoms with Crippen LogP contribution in [0.15, 0.2) is 36.5 Å². The number of hydrogen-bond donors (Lipinski definition) is 3. The monoisotopic (exact) mass is 479 g/mol. The number of thiophene rings is 1. The molecule has 0 aliphatic heterocycles. The fourth-order valence-electron chi connectivity index (χ4n) is 3.91. The van der Waals surface area contributed by atoms with Crippen molar-refractivity contribution >= 4 is 34.9 Å². The number of nitrogens with zero attached hydrogens (tertiary/aromatic N) is 3. The maximum atomic E-state index is 9.52. The molecule has 0 spiro atoms. The number of thioether (sulfide) groups is 1. The van der Waals surface area contributed by atoms with Crippen molar-refractivity contribution in [3.8, 4) is 22.4 Å². The predicted octanol–water partition coefficient (Wildman–Crippen LogP) is 4.66. The summed E-state index contributed by atoms with van der Waals surface area (Å²) in [7, 11) is 0. The van der Waals surface area contributed by atoms with Gasteiger partial charge in [0.15, 0.2) is 0 Å². The Bertz CT molecular complexity index is 1120. The van der Waals surface area contributed by atoms with Gasteiger partial charge in [0, 0.05) is 31.1 Å². The first kappa shape index (κ1) is 23.6. The van der Waals surface area contributed by atoms with Gasteiger partial charge in [-0.25, -0.2) is 4.98 Å². The quantitative estimate of drug-likeness (QED) is 0.320. The minimum Gasteiger partial charge on any atom is -0.396 e. The zero-order valence-electron chi connectivity index (χ0n) is 19.0. The van der Waals surface area contributed by atoms with Crippen LogP contribution in [-0.2, 0) is 0 Å². The average Bonchev–Trinajstić information content (AvgIpc) is 3.49. The van der Waals surface area contributed by atoms with E-state index in [1.54, 1.807) is 29.3 Å². The lowest BCUT2D eigenvalue weighted by Crippen LogP contribution is -2.20. The third-order valence-corrected chi connectivity index (χ3v) is 7.29. The number of nitrogens with one attached hydrogen (secondary N) is 2. The second-order valence-corrected chi connectivity index (χ2v) is 10.2. The highest BCUT2D eigenvalue weighted by atomic mass is 32.2. The molecule has 2 unspecified atom stereocenters. The van der Waals surface area contributed by atoms with E-state index < -0.39 is 0 Å². The van der Waals surface area contributed by atoms with Crippen LogP contribution in [0.4, 0.5) is 11.8 Å². The van der Waals surface area contributed by atoms with Crippen molar-refractivity contribution in [1.29, 1.82) is 0 Å². The molecule has 6 nitrogen and oxygen atoms in total. The topological polar surface area (TPSA) is 83.0 Å². The summed E-state index contributed by atoms with van der Waals surface area (Å²) in [6.45, 7) is 3.04. The maximum absolute atomic E-state index is 9.52. The summed E-state index contributed by atoms with van der Waals surface area (Å²) < 4.78 is 0. The maximum Gasteiger partial charge on any atom is 0.224 e. The van der Waals surface area contributed by atoms with Gasteiger partial charge in [-0.05, 0) is 62.6 Å². The molecule has 0 bridgehead atoms. The van der Waals surface area contributed by atoms with Crippen LogP contribution >= 0.6 is 23.1 Å². The summed E-state index contributed by atoms with van der Waals surface area (Å²) in [5.74, 6) is 9.38. The summed E-state index contributed by atoms with van der Waals surface area (Å²) >= 11 is 3.41. The van der Waals surface area contributed by atoms with Crippen molar-refractivity contribution < 1.29 is 5.11 Å². The Morgan fingerprint density at radius 1 is 1.18 bits per heavy atom. The largest absolute Gasteiger partial charge is 0.396 e. The smallest absolute Gasteiger partial charge is 0.224 e. The molecule has 33 heavy (non-hydrogen) atoms. The van der Waals surface area contributed by atoms with Gasteiger partial charge >= 0.3 is 0 Å². The van der Waals surface area contributed by atoms with E-state index in [1.807, 2.05) is 31.2 Å². The van der Waals surface area contributed by atoms with Crippen LogP contribution in [0.25, 0.3) is 10.6 Å². The number of aliphatic hydroxyl groups excluding tert-OH is 1. The van der Waals surface area contributed by atoms with Crippen molar-refractivity contribution in [2.24, 2.45) is 5.92 Å². The molecule has 1 aliphatic rings. The van der Waals surface area contributed by atoms with Gasteiger partial charge < -0.3 is 15.7 Å². The Kier molecular flexibility index (Phi) is 8.21. The molecule has 0 amide bonds. The standard InChI is InChI=1S/C25H29N5OS2/c1-17-21(10-8-20-9-11-23(33-20)22-5-3-4-12-26-22)24(29-19-7-6-18(15-19)16-31)30-25(28-17)27-13-14-32-2/h3-5,9,11-12,18-19,31H,6-7,13-16H2,1-2H3,(H2,27,28,29,30). The zero-order chi connectivity index (χ0) is 23.0. The lowest BCUT2D eigenvalue weighted by Gasteiger charge is -2.17. The first-order valence-electron chi connectivity index (χ1n) is 11.2. The molecule has 4 rings (SSSR count). The molecule has 1 aliphatic carbocycles. The van der Waals surface area contributed by atoms with E-state index in [1.165, 1.54) is 0 Å². The van der Waals surface area contributed by atoms with Crippen LogP contribution in [0.3, 0.4) is 0 Å². The molecule has 8 heteroatoms. The third-order valence-electron chi connectivity index (χ3n) is 5.65. The molecule has 3 aromatic heterocycles. The molecule has 1 saturated carbocycles. The Morgan fingerprint density at radius 3 is 2.85 bits per heavy atom. The molecule has 3 N–H and O–H groups in total. The second kappa shape index (κ2) is 11.5. The number of aryl methyl sites for hydroxylation is 1. The van der Waals surface area contributed by atoms with Gasteiger partial charge in [0.25, 0.3) is 0 Å². The highest BCUT2D eigenvalue weighted by molar-refractivity contribution is 7.98. The highest BCUT2D eigenvalue weighted by Gasteiger charge is 2.25. The molecule has 3 heterocycles. The van der Waals surface area contributed by atoms with Crippen LogP contribution in [0.5, 0.6) is 0 Å². The number of pyridine rings is 1. The van der Waals surface area contributed by atoms with Crippen molar-refractivity contribution in [2.75, 3.05) is 35.8 Å². The van der Waals surface area contributed by atoms with Crippen LogP contribution in [0.2, 0.25) is 0 Å². The van der Waals surface area contributed by atoms with Gasteiger partial charge in [-0.3, -0.25) is 4.98 Å². The molecule has 0 radical (unpaired) electrons. The van der Waals surface area contributed by atoms with Gasteiger partial charge in [0.2, 0.25) is 5.95 Å². The Labute approximate surface area is 203 Å². The molecular weight excluding hydrogens is 450 g/mol. The summed E-state index contributed by atoms with van der Waals surface area (Å²) in [5, 5.41) is 16.4. The first-order valence-corrected chi connectivity index (χ1v) is 13.4. The van der Waals surface area contributed by atoms with Crippen LogP contribution < -0.4 is 10.6 Å². The number of rotatable bonds is 8. The van der Waals surface area contributed by atoms with Crippen molar-refractivity contribution in [3.63, 3.8) is 0 Å². The molecule has 0 aromatic carbocycles. The number of hydrogen-bond acceptors (Lipinski definition) is 8. The minimum absolute atomic E-state index is 0.242. The van der Waals surface area contributed by atoms with Crippen LogP contribution in [0, 0.1) is 24.7 Å².